The Morgan fingerprint density at radius 2 is 1.69 bits per heavy atom. The molecular weight excluding hydrogens is 402 g/mol. The monoisotopic (exact) mass is 431 g/mol. The van der Waals surface area contributed by atoms with Gasteiger partial charge in [0.1, 0.15) is 0 Å². The molecule has 0 aliphatic carbocycles. The largest absolute Gasteiger partial charge is 0.369 e. The molecule has 0 unspecified atom stereocenters. The number of ketones is 1. The molecule has 2 aromatic carbocycles. The number of aliphatic imine (C=N–C) groups is 1. The maximum absolute atomic E-state index is 12.9. The fourth-order valence-electron chi connectivity index (χ4n) is 3.79. The molecule has 0 amide bonds. The Labute approximate surface area is 188 Å². The summed E-state index contributed by atoms with van der Waals surface area (Å²) in [7, 11) is 2.10. The van der Waals surface area contributed by atoms with Crippen molar-refractivity contribution in [3.05, 3.63) is 83.0 Å². The van der Waals surface area contributed by atoms with Gasteiger partial charge in [-0.15, -0.1) is 0 Å². The summed E-state index contributed by atoms with van der Waals surface area (Å²) < 4.78 is 5.48. The lowest BCUT2D eigenvalue weighted by Crippen LogP contribution is -2.49. The van der Waals surface area contributed by atoms with Gasteiger partial charge in [-0.05, 0) is 18.7 Å². The van der Waals surface area contributed by atoms with E-state index in [2.05, 4.69) is 22.1 Å². The first-order chi connectivity index (χ1) is 15.3. The number of piperazine rings is 1. The Kier molecular flexibility index (Phi) is 6.10. The fraction of sp³-hybridized carbons (Fsp3) is 0.320. The summed E-state index contributed by atoms with van der Waals surface area (Å²) in [5.41, 5.74) is 8.72. The van der Waals surface area contributed by atoms with E-state index in [1.807, 2.05) is 79.4 Å². The first-order valence-electron chi connectivity index (χ1n) is 10.8. The van der Waals surface area contributed by atoms with Crippen molar-refractivity contribution in [2.45, 2.75) is 19.3 Å². The minimum atomic E-state index is -0.479. The average molecular weight is 432 g/mol. The Bertz CT molecular complexity index is 1110. The predicted octanol–water partition coefficient (Wildman–Crippen LogP) is 3.43. The van der Waals surface area contributed by atoms with E-state index >= 15 is 0 Å². The number of aromatic nitrogens is 1. The van der Waals surface area contributed by atoms with Crippen LogP contribution in [0.1, 0.15) is 41.0 Å². The topological polar surface area (TPSA) is 88.0 Å². The maximum Gasteiger partial charge on any atom is 0.253 e. The summed E-state index contributed by atoms with van der Waals surface area (Å²) in [6.45, 7) is 7.66. The molecule has 0 bridgehead atoms. The van der Waals surface area contributed by atoms with Crippen LogP contribution in [0.4, 0.5) is 5.88 Å². The highest BCUT2D eigenvalue weighted by atomic mass is 16.5. The molecule has 0 saturated carbocycles. The van der Waals surface area contributed by atoms with Gasteiger partial charge in [0.2, 0.25) is 0 Å². The molecule has 7 heteroatoms. The molecule has 0 radical (unpaired) electrons. The molecule has 2 heterocycles. The van der Waals surface area contributed by atoms with E-state index in [1.165, 1.54) is 0 Å². The fourth-order valence-corrected chi connectivity index (χ4v) is 3.79. The van der Waals surface area contributed by atoms with Crippen LogP contribution < -0.4 is 5.73 Å². The second-order valence-corrected chi connectivity index (χ2v) is 8.71. The van der Waals surface area contributed by atoms with Crippen molar-refractivity contribution < 1.29 is 9.32 Å². The van der Waals surface area contributed by atoms with Crippen molar-refractivity contribution in [1.82, 2.24) is 15.0 Å². The van der Waals surface area contributed by atoms with E-state index in [0.717, 1.165) is 37.4 Å². The second kappa shape index (κ2) is 8.96. The van der Waals surface area contributed by atoms with E-state index in [-0.39, 0.29) is 5.78 Å². The lowest BCUT2D eigenvalue weighted by atomic mass is 9.80. The zero-order valence-electron chi connectivity index (χ0n) is 18.8. The minimum Gasteiger partial charge on any atom is -0.369 e. The number of hydrogen-bond acceptors (Lipinski definition) is 5. The third kappa shape index (κ3) is 4.57. The van der Waals surface area contributed by atoms with Crippen molar-refractivity contribution in [3.8, 4) is 0 Å². The number of likely N-dealkylation sites (N-methyl/N-ethyl adjacent to an activating group) is 1. The molecule has 2 N–H and O–H groups in total. The van der Waals surface area contributed by atoms with Gasteiger partial charge in [0, 0.05) is 48.8 Å². The summed E-state index contributed by atoms with van der Waals surface area (Å²) in [5.74, 6) is 0.809. The van der Waals surface area contributed by atoms with Crippen LogP contribution in [0.5, 0.6) is 0 Å². The van der Waals surface area contributed by atoms with Crippen molar-refractivity contribution in [1.29, 1.82) is 0 Å². The lowest BCUT2D eigenvalue weighted by molar-refractivity contribution is 0.103. The molecule has 7 nitrogen and oxygen atoms in total. The Morgan fingerprint density at radius 1 is 1.00 bits per heavy atom. The SMILES string of the molecule is CN1CCN(C(N)=Nc2cc(C(C)(C)c3cccc(C(=O)c4ccccc4)c3)no2)CC1. The average Bonchev–Trinajstić information content (AvgIpc) is 3.29. The molecule has 1 aromatic heterocycles. The summed E-state index contributed by atoms with van der Waals surface area (Å²) in [6, 6.07) is 18.8. The highest BCUT2D eigenvalue weighted by Gasteiger charge is 2.28. The van der Waals surface area contributed by atoms with Crippen molar-refractivity contribution >= 4 is 17.6 Å². The quantitative estimate of drug-likeness (QED) is 0.378. The van der Waals surface area contributed by atoms with Gasteiger partial charge in [-0.2, -0.15) is 4.99 Å². The van der Waals surface area contributed by atoms with Crippen molar-refractivity contribution in [2.24, 2.45) is 10.7 Å². The number of nitrogens with two attached hydrogens (primary N) is 1. The first-order valence-corrected chi connectivity index (χ1v) is 10.8. The van der Waals surface area contributed by atoms with E-state index in [1.54, 1.807) is 0 Å². The Balaban J connectivity index is 1.55. The van der Waals surface area contributed by atoms with Crippen LogP contribution in [0.2, 0.25) is 0 Å². The molecule has 1 saturated heterocycles. The summed E-state index contributed by atoms with van der Waals surface area (Å²) in [6.07, 6.45) is 0. The molecule has 1 fully saturated rings. The Hall–Kier alpha value is -3.45. The number of carbonyl (C=O) groups is 1. The van der Waals surface area contributed by atoms with Crippen LogP contribution in [0.3, 0.4) is 0 Å². The maximum atomic E-state index is 12.9. The molecule has 0 spiro atoms. The van der Waals surface area contributed by atoms with Gasteiger partial charge in [-0.3, -0.25) is 4.79 Å². The Morgan fingerprint density at radius 3 is 2.41 bits per heavy atom. The summed E-state index contributed by atoms with van der Waals surface area (Å²) in [5, 5.41) is 4.26. The van der Waals surface area contributed by atoms with E-state index in [4.69, 9.17) is 10.3 Å². The molecule has 32 heavy (non-hydrogen) atoms. The van der Waals surface area contributed by atoms with E-state index < -0.39 is 5.41 Å². The van der Waals surface area contributed by atoms with Gasteiger partial charge >= 0.3 is 0 Å². The lowest BCUT2D eigenvalue weighted by Gasteiger charge is -2.32. The zero-order valence-corrected chi connectivity index (χ0v) is 18.8. The highest BCUT2D eigenvalue weighted by molar-refractivity contribution is 6.09. The molecule has 0 atom stereocenters. The minimum absolute atomic E-state index is 0.00589. The van der Waals surface area contributed by atoms with Gasteiger partial charge in [-0.25, -0.2) is 0 Å². The summed E-state index contributed by atoms with van der Waals surface area (Å²) in [4.78, 5) is 21.6. The van der Waals surface area contributed by atoms with Crippen LogP contribution >= 0.6 is 0 Å². The number of rotatable bonds is 5. The highest BCUT2D eigenvalue weighted by Crippen LogP contribution is 2.33. The van der Waals surface area contributed by atoms with Crippen LogP contribution in [0.25, 0.3) is 0 Å². The zero-order chi connectivity index (χ0) is 22.7. The number of hydrogen-bond donors (Lipinski definition) is 1. The van der Waals surface area contributed by atoms with Crippen LogP contribution in [-0.2, 0) is 5.41 Å². The number of carbonyl (C=O) groups excluding carboxylic acids is 1. The predicted molar refractivity (Wildman–Crippen MR) is 125 cm³/mol. The van der Waals surface area contributed by atoms with Crippen LogP contribution in [0.15, 0.2) is 70.2 Å². The van der Waals surface area contributed by atoms with Crippen molar-refractivity contribution in [2.75, 3.05) is 33.2 Å². The third-order valence-corrected chi connectivity index (χ3v) is 6.07. The molecule has 3 aromatic rings. The van der Waals surface area contributed by atoms with Crippen molar-refractivity contribution in [3.63, 3.8) is 0 Å². The molecular formula is C25H29N5O2. The number of guanidine groups is 1. The number of nitrogens with zero attached hydrogens (tertiary/aromatic N) is 4. The third-order valence-electron chi connectivity index (χ3n) is 6.07. The smallest absolute Gasteiger partial charge is 0.253 e. The first kappa shape index (κ1) is 21.8. The van der Waals surface area contributed by atoms with Crippen LogP contribution in [0, 0.1) is 0 Å². The van der Waals surface area contributed by atoms with Crippen LogP contribution in [-0.4, -0.2) is 59.9 Å². The molecule has 166 valence electrons. The van der Waals surface area contributed by atoms with Gasteiger partial charge in [0.15, 0.2) is 11.7 Å². The second-order valence-electron chi connectivity index (χ2n) is 8.71. The normalized spacial score (nSPS) is 15.7. The van der Waals surface area contributed by atoms with Gasteiger partial charge in [0.25, 0.3) is 5.88 Å². The van der Waals surface area contributed by atoms with Gasteiger partial charge in [-0.1, -0.05) is 67.5 Å². The standard InChI is InChI=1S/C25H29N5O2/c1-25(2,20-11-7-10-19(16-20)23(31)18-8-5-4-6-9-18)21-17-22(32-28-21)27-24(26)30-14-12-29(3)13-15-30/h4-11,16-17H,12-15H2,1-3H3,(H2,26,27). The molecule has 4 rings (SSSR count). The molecule has 1 aliphatic rings. The van der Waals surface area contributed by atoms with Gasteiger partial charge < -0.3 is 20.1 Å². The van der Waals surface area contributed by atoms with E-state index in [9.17, 15) is 4.79 Å². The molecule has 1 aliphatic heterocycles. The van der Waals surface area contributed by atoms with E-state index in [0.29, 0.717) is 23.0 Å². The number of benzene rings is 2. The summed E-state index contributed by atoms with van der Waals surface area (Å²) >= 11 is 0. The van der Waals surface area contributed by atoms with Gasteiger partial charge in [0.05, 0.1) is 5.69 Å².